The van der Waals surface area contributed by atoms with E-state index in [1.807, 2.05) is 6.92 Å². The van der Waals surface area contributed by atoms with Crippen LogP contribution in [0.3, 0.4) is 0 Å². The number of nitrogens with zero attached hydrogens (tertiary/aromatic N) is 1. The molecule has 2 N–H and O–H groups in total. The maximum atomic E-state index is 11.5. The van der Waals surface area contributed by atoms with E-state index < -0.39 is 5.97 Å². The molecule has 0 aliphatic heterocycles. The first-order chi connectivity index (χ1) is 7.65. The zero-order valence-electron chi connectivity index (χ0n) is 9.02. The summed E-state index contributed by atoms with van der Waals surface area (Å²) in [7, 11) is 0. The van der Waals surface area contributed by atoms with Crippen LogP contribution in [0, 0.1) is 0 Å². The SMILES string of the molecule is CCCNC(=O)c1ncoc1CCC(=O)O. The number of carboxylic acid groups (broad SMARTS) is 1. The van der Waals surface area contributed by atoms with Gasteiger partial charge in [-0.05, 0) is 6.42 Å². The van der Waals surface area contributed by atoms with E-state index in [2.05, 4.69) is 10.3 Å². The number of carbonyl (C=O) groups is 2. The quantitative estimate of drug-likeness (QED) is 0.749. The number of hydrogen-bond donors (Lipinski definition) is 2. The molecule has 16 heavy (non-hydrogen) atoms. The fraction of sp³-hybridized carbons (Fsp3) is 0.500. The van der Waals surface area contributed by atoms with Crippen molar-refractivity contribution < 1.29 is 19.1 Å². The number of aliphatic carboxylic acids is 1. The van der Waals surface area contributed by atoms with E-state index in [0.717, 1.165) is 12.8 Å². The third-order valence-corrected chi connectivity index (χ3v) is 1.96. The van der Waals surface area contributed by atoms with Gasteiger partial charge in [0, 0.05) is 13.0 Å². The number of aromatic nitrogens is 1. The highest BCUT2D eigenvalue weighted by atomic mass is 16.4. The molecule has 0 fully saturated rings. The van der Waals surface area contributed by atoms with Crippen molar-refractivity contribution in [3.63, 3.8) is 0 Å². The number of rotatable bonds is 6. The molecule has 0 unspecified atom stereocenters. The topological polar surface area (TPSA) is 92.4 Å². The van der Waals surface area contributed by atoms with Crippen LogP contribution in [-0.4, -0.2) is 28.5 Å². The Kier molecular flexibility index (Phi) is 4.50. The zero-order chi connectivity index (χ0) is 12.0. The molecule has 6 heteroatoms. The first-order valence-electron chi connectivity index (χ1n) is 5.07. The average Bonchev–Trinajstić information content (AvgIpc) is 2.71. The third kappa shape index (κ3) is 3.38. The predicted molar refractivity (Wildman–Crippen MR) is 55.1 cm³/mol. The Hall–Kier alpha value is -1.85. The van der Waals surface area contributed by atoms with Gasteiger partial charge in [-0.15, -0.1) is 0 Å². The van der Waals surface area contributed by atoms with Gasteiger partial charge in [0.05, 0.1) is 6.42 Å². The van der Waals surface area contributed by atoms with Crippen molar-refractivity contribution >= 4 is 11.9 Å². The Morgan fingerprint density at radius 2 is 2.31 bits per heavy atom. The van der Waals surface area contributed by atoms with Gasteiger partial charge in [-0.1, -0.05) is 6.92 Å². The number of oxazole rings is 1. The average molecular weight is 226 g/mol. The van der Waals surface area contributed by atoms with Crippen LogP contribution in [0.5, 0.6) is 0 Å². The van der Waals surface area contributed by atoms with Gasteiger partial charge in [-0.25, -0.2) is 4.98 Å². The molecule has 0 aromatic carbocycles. The number of amides is 1. The Morgan fingerprint density at radius 3 is 2.94 bits per heavy atom. The molecule has 1 amide bonds. The van der Waals surface area contributed by atoms with Crippen LogP contribution in [0.2, 0.25) is 0 Å². The van der Waals surface area contributed by atoms with E-state index in [1.54, 1.807) is 0 Å². The van der Waals surface area contributed by atoms with E-state index >= 15 is 0 Å². The lowest BCUT2D eigenvalue weighted by atomic mass is 10.2. The minimum atomic E-state index is -0.934. The van der Waals surface area contributed by atoms with Gasteiger partial charge in [-0.3, -0.25) is 9.59 Å². The number of aryl methyl sites for hydroxylation is 1. The molecule has 88 valence electrons. The first-order valence-corrected chi connectivity index (χ1v) is 5.07. The summed E-state index contributed by atoms with van der Waals surface area (Å²) in [5, 5.41) is 11.2. The maximum Gasteiger partial charge on any atom is 0.303 e. The molecule has 0 spiro atoms. The molecule has 0 saturated heterocycles. The Balaban J connectivity index is 2.62. The molecular formula is C10H14N2O4. The van der Waals surface area contributed by atoms with Crippen LogP contribution in [0.1, 0.15) is 36.0 Å². The molecule has 0 bridgehead atoms. The number of carbonyl (C=O) groups excluding carboxylic acids is 1. The van der Waals surface area contributed by atoms with Gasteiger partial charge < -0.3 is 14.8 Å². The second kappa shape index (κ2) is 5.89. The Morgan fingerprint density at radius 1 is 1.56 bits per heavy atom. The summed E-state index contributed by atoms with van der Waals surface area (Å²) in [5.41, 5.74) is 0.176. The summed E-state index contributed by atoms with van der Waals surface area (Å²) < 4.78 is 4.98. The van der Waals surface area contributed by atoms with Crippen molar-refractivity contribution in [3.8, 4) is 0 Å². The molecule has 1 rings (SSSR count). The maximum absolute atomic E-state index is 11.5. The van der Waals surface area contributed by atoms with Crippen LogP contribution in [-0.2, 0) is 11.2 Å². The molecule has 1 heterocycles. The van der Waals surface area contributed by atoms with Gasteiger partial charge in [0.15, 0.2) is 12.1 Å². The summed E-state index contributed by atoms with van der Waals surface area (Å²) in [6, 6.07) is 0. The lowest BCUT2D eigenvalue weighted by molar-refractivity contribution is -0.137. The molecule has 6 nitrogen and oxygen atoms in total. The van der Waals surface area contributed by atoms with Gasteiger partial charge in [-0.2, -0.15) is 0 Å². The molecule has 1 aromatic heterocycles. The molecule has 0 aliphatic rings. The van der Waals surface area contributed by atoms with Crippen LogP contribution >= 0.6 is 0 Å². The highest BCUT2D eigenvalue weighted by molar-refractivity contribution is 5.93. The largest absolute Gasteiger partial charge is 0.481 e. The van der Waals surface area contributed by atoms with E-state index in [4.69, 9.17) is 9.52 Å². The normalized spacial score (nSPS) is 10.1. The smallest absolute Gasteiger partial charge is 0.303 e. The third-order valence-electron chi connectivity index (χ3n) is 1.96. The lowest BCUT2D eigenvalue weighted by Gasteiger charge is -2.01. The van der Waals surface area contributed by atoms with Gasteiger partial charge in [0.2, 0.25) is 0 Å². The van der Waals surface area contributed by atoms with E-state index in [0.29, 0.717) is 12.3 Å². The molecule has 1 aromatic rings. The summed E-state index contributed by atoms with van der Waals surface area (Å²) in [5.74, 6) is -0.941. The van der Waals surface area contributed by atoms with Crippen molar-refractivity contribution in [2.24, 2.45) is 0 Å². The first kappa shape index (κ1) is 12.2. The molecule has 0 saturated carbocycles. The Bertz CT molecular complexity index is 373. The number of nitrogens with one attached hydrogen (secondary N) is 1. The summed E-state index contributed by atoms with van der Waals surface area (Å²) >= 11 is 0. The predicted octanol–water partition coefficient (Wildman–Crippen LogP) is 0.832. The number of hydrogen-bond acceptors (Lipinski definition) is 4. The minimum absolute atomic E-state index is 0.0801. The van der Waals surface area contributed by atoms with Crippen molar-refractivity contribution in [1.29, 1.82) is 0 Å². The molecule has 0 aliphatic carbocycles. The summed E-state index contributed by atoms with van der Waals surface area (Å²) in [6.07, 6.45) is 2.07. The lowest BCUT2D eigenvalue weighted by Crippen LogP contribution is -2.25. The standard InChI is InChI=1S/C10H14N2O4/c1-2-5-11-10(15)9-7(16-6-12-9)3-4-8(13)14/h6H,2-5H2,1H3,(H,11,15)(H,13,14). The van der Waals surface area contributed by atoms with Gasteiger partial charge in [0.25, 0.3) is 5.91 Å². The number of carboxylic acids is 1. The van der Waals surface area contributed by atoms with E-state index in [-0.39, 0.29) is 24.4 Å². The van der Waals surface area contributed by atoms with Crippen molar-refractivity contribution in [2.45, 2.75) is 26.2 Å². The fourth-order valence-electron chi connectivity index (χ4n) is 1.18. The van der Waals surface area contributed by atoms with E-state index in [1.165, 1.54) is 0 Å². The summed E-state index contributed by atoms with van der Waals surface area (Å²) in [4.78, 5) is 25.7. The second-order valence-electron chi connectivity index (χ2n) is 3.27. The van der Waals surface area contributed by atoms with Crippen molar-refractivity contribution in [1.82, 2.24) is 10.3 Å². The van der Waals surface area contributed by atoms with Crippen LogP contribution < -0.4 is 5.32 Å². The van der Waals surface area contributed by atoms with Crippen LogP contribution in [0.25, 0.3) is 0 Å². The van der Waals surface area contributed by atoms with Crippen LogP contribution in [0.15, 0.2) is 10.8 Å². The van der Waals surface area contributed by atoms with Crippen molar-refractivity contribution in [3.05, 3.63) is 17.8 Å². The molecule has 0 radical (unpaired) electrons. The highest BCUT2D eigenvalue weighted by Crippen LogP contribution is 2.09. The Labute approximate surface area is 92.7 Å². The van der Waals surface area contributed by atoms with E-state index in [9.17, 15) is 9.59 Å². The minimum Gasteiger partial charge on any atom is -0.481 e. The van der Waals surface area contributed by atoms with Crippen molar-refractivity contribution in [2.75, 3.05) is 6.54 Å². The fourth-order valence-corrected chi connectivity index (χ4v) is 1.18. The highest BCUT2D eigenvalue weighted by Gasteiger charge is 2.16. The molecular weight excluding hydrogens is 212 g/mol. The molecule has 0 atom stereocenters. The van der Waals surface area contributed by atoms with Gasteiger partial charge >= 0.3 is 5.97 Å². The van der Waals surface area contributed by atoms with Crippen LogP contribution in [0.4, 0.5) is 0 Å². The zero-order valence-corrected chi connectivity index (χ0v) is 9.02. The van der Waals surface area contributed by atoms with Gasteiger partial charge in [0.1, 0.15) is 5.76 Å². The summed E-state index contributed by atoms with van der Waals surface area (Å²) in [6.45, 7) is 2.50. The monoisotopic (exact) mass is 226 g/mol. The second-order valence-corrected chi connectivity index (χ2v) is 3.27.